The van der Waals surface area contributed by atoms with E-state index in [1.807, 2.05) is 13.0 Å². The summed E-state index contributed by atoms with van der Waals surface area (Å²) in [6.07, 6.45) is 0. The molecule has 7 heteroatoms. The van der Waals surface area contributed by atoms with Crippen molar-refractivity contribution in [3.8, 4) is 11.8 Å². The van der Waals surface area contributed by atoms with E-state index in [9.17, 15) is 14.9 Å². The van der Waals surface area contributed by atoms with Crippen LogP contribution < -0.4 is 10.1 Å². The van der Waals surface area contributed by atoms with Crippen molar-refractivity contribution in [1.29, 1.82) is 5.26 Å². The van der Waals surface area contributed by atoms with Gasteiger partial charge in [0.05, 0.1) is 30.4 Å². The summed E-state index contributed by atoms with van der Waals surface area (Å²) in [5, 5.41) is 12.0. The average molecular weight is 332 g/mol. The minimum atomic E-state index is -1.17. The second kappa shape index (κ2) is 7.20. The highest BCUT2D eigenvalue weighted by molar-refractivity contribution is 7.84. The van der Waals surface area contributed by atoms with Crippen LogP contribution in [-0.4, -0.2) is 25.6 Å². The second-order valence-electron chi connectivity index (χ2n) is 4.81. The fourth-order valence-electron chi connectivity index (χ4n) is 2.58. The van der Waals surface area contributed by atoms with Crippen LogP contribution in [0.4, 0.5) is 0 Å². The monoisotopic (exact) mass is 332 g/mol. The third kappa shape index (κ3) is 3.17. The highest BCUT2D eigenvalue weighted by Gasteiger charge is 2.44. The van der Waals surface area contributed by atoms with E-state index in [2.05, 4.69) is 17.9 Å². The summed E-state index contributed by atoms with van der Waals surface area (Å²) in [7, 11) is 1.20. The van der Waals surface area contributed by atoms with Gasteiger partial charge in [0.25, 0.3) is 0 Å². The number of hydrogen-bond acceptors (Lipinski definition) is 6. The Hall–Kier alpha value is -2.46. The molecule has 0 bridgehead atoms. The van der Waals surface area contributed by atoms with Gasteiger partial charge in [-0.25, -0.2) is 0 Å². The Morgan fingerprint density at radius 3 is 2.74 bits per heavy atom. The van der Waals surface area contributed by atoms with E-state index < -0.39 is 23.7 Å². The quantitative estimate of drug-likeness (QED) is 0.498. The van der Waals surface area contributed by atoms with Gasteiger partial charge in [0.15, 0.2) is 0 Å². The first-order chi connectivity index (χ1) is 11.0. The molecule has 6 nitrogen and oxygen atoms in total. The Morgan fingerprint density at radius 1 is 1.43 bits per heavy atom. The van der Waals surface area contributed by atoms with Gasteiger partial charge in [0, 0.05) is 11.5 Å². The third-order valence-electron chi connectivity index (χ3n) is 3.55. The number of ether oxygens (including phenoxy) is 2. The number of amides is 1. The van der Waals surface area contributed by atoms with E-state index in [0.717, 1.165) is 0 Å². The molecule has 1 aromatic rings. The topological polar surface area (TPSA) is 88.4 Å². The molecule has 0 saturated carbocycles. The summed E-state index contributed by atoms with van der Waals surface area (Å²) in [4.78, 5) is 24.4. The number of para-hydroxylation sites is 1. The van der Waals surface area contributed by atoms with Crippen molar-refractivity contribution >= 4 is 24.5 Å². The van der Waals surface area contributed by atoms with Crippen LogP contribution in [0.3, 0.4) is 0 Å². The van der Waals surface area contributed by atoms with Crippen LogP contribution >= 0.6 is 12.6 Å². The molecule has 1 heterocycles. The van der Waals surface area contributed by atoms with E-state index in [-0.39, 0.29) is 10.6 Å². The molecular formula is C16H16N2O4S. The van der Waals surface area contributed by atoms with Gasteiger partial charge in [-0.2, -0.15) is 5.26 Å². The zero-order valence-corrected chi connectivity index (χ0v) is 13.6. The van der Waals surface area contributed by atoms with Crippen LogP contribution in [0.25, 0.3) is 0 Å². The van der Waals surface area contributed by atoms with Crippen molar-refractivity contribution < 1.29 is 19.1 Å². The Balaban J connectivity index is 2.66. The molecule has 1 amide bonds. The van der Waals surface area contributed by atoms with Gasteiger partial charge >= 0.3 is 5.97 Å². The number of esters is 1. The summed E-state index contributed by atoms with van der Waals surface area (Å²) < 4.78 is 10.3. The molecule has 1 aliphatic rings. The predicted molar refractivity (Wildman–Crippen MR) is 85.6 cm³/mol. The number of nitrogens with zero attached hydrogens (tertiary/aromatic N) is 1. The molecular weight excluding hydrogens is 316 g/mol. The zero-order chi connectivity index (χ0) is 17.0. The number of carbonyl (C=O) groups excluding carboxylic acids is 2. The number of nitriles is 1. The lowest BCUT2D eigenvalue weighted by Gasteiger charge is -2.30. The molecule has 0 aliphatic carbocycles. The molecule has 2 rings (SSSR count). The summed E-state index contributed by atoms with van der Waals surface area (Å²) >= 11 is 4.16. The molecule has 0 saturated heterocycles. The van der Waals surface area contributed by atoms with Gasteiger partial charge in [-0.05, 0) is 13.0 Å². The van der Waals surface area contributed by atoms with E-state index in [4.69, 9.17) is 9.47 Å². The lowest BCUT2D eigenvalue weighted by atomic mass is 9.78. The van der Waals surface area contributed by atoms with Crippen molar-refractivity contribution in [3.05, 3.63) is 40.4 Å². The molecule has 0 fully saturated rings. The summed E-state index contributed by atoms with van der Waals surface area (Å²) in [6, 6.07) is 9.02. The summed E-state index contributed by atoms with van der Waals surface area (Å²) in [6.45, 7) is 2.24. The molecule has 2 atom stereocenters. The number of thiol groups is 1. The van der Waals surface area contributed by atoms with Crippen LogP contribution in [0, 0.1) is 17.2 Å². The highest BCUT2D eigenvalue weighted by atomic mass is 32.1. The minimum Gasteiger partial charge on any atom is -0.494 e. The minimum absolute atomic E-state index is 0.133. The molecule has 120 valence electrons. The maximum absolute atomic E-state index is 12.3. The van der Waals surface area contributed by atoms with Crippen LogP contribution in [0.2, 0.25) is 0 Å². The molecule has 1 aliphatic heterocycles. The number of rotatable bonds is 4. The predicted octanol–water partition coefficient (Wildman–Crippen LogP) is 1.75. The number of methoxy groups -OCH3 is 1. The zero-order valence-electron chi connectivity index (χ0n) is 12.7. The Kier molecular flexibility index (Phi) is 5.29. The third-order valence-corrected chi connectivity index (χ3v) is 3.91. The van der Waals surface area contributed by atoms with E-state index in [0.29, 0.717) is 17.9 Å². The smallest absolute Gasteiger partial charge is 0.319 e. The van der Waals surface area contributed by atoms with Gasteiger partial charge < -0.3 is 14.8 Å². The Bertz CT molecular complexity index is 708. The van der Waals surface area contributed by atoms with Crippen molar-refractivity contribution in [3.63, 3.8) is 0 Å². The first kappa shape index (κ1) is 16.9. The molecule has 1 N–H and O–H groups in total. The van der Waals surface area contributed by atoms with Crippen LogP contribution in [0.1, 0.15) is 18.4 Å². The van der Waals surface area contributed by atoms with Crippen LogP contribution in [0.15, 0.2) is 34.9 Å². The molecule has 1 aromatic carbocycles. The number of carbonyl (C=O) groups is 2. The van der Waals surface area contributed by atoms with Crippen molar-refractivity contribution in [1.82, 2.24) is 5.32 Å². The Labute approximate surface area is 139 Å². The standard InChI is InChI=1S/C16H16N2O4S/c1-3-22-11-7-5-4-6-9(11)12-10(8-17)15(23)18-14(19)13(12)16(20)21-2/h4-7,12-13,23H,3H2,1-2H3,(H,18,19)/t12-,13+/m0/s1. The van der Waals surface area contributed by atoms with Crippen molar-refractivity contribution in [2.45, 2.75) is 12.8 Å². The summed E-state index contributed by atoms with van der Waals surface area (Å²) in [5.74, 6) is -2.74. The van der Waals surface area contributed by atoms with Crippen molar-refractivity contribution in [2.75, 3.05) is 13.7 Å². The highest BCUT2D eigenvalue weighted by Crippen LogP contribution is 2.41. The molecule has 23 heavy (non-hydrogen) atoms. The first-order valence-corrected chi connectivity index (χ1v) is 7.43. The molecule has 0 unspecified atom stereocenters. The van der Waals surface area contributed by atoms with Gasteiger partial charge in [0.1, 0.15) is 11.7 Å². The normalized spacial score (nSPS) is 20.5. The maximum atomic E-state index is 12.3. The number of nitrogens with one attached hydrogen (secondary N) is 1. The van der Waals surface area contributed by atoms with Gasteiger partial charge in [0.2, 0.25) is 5.91 Å². The van der Waals surface area contributed by atoms with Gasteiger partial charge in [-0.3, -0.25) is 9.59 Å². The largest absolute Gasteiger partial charge is 0.494 e. The lowest BCUT2D eigenvalue weighted by molar-refractivity contribution is -0.150. The van der Waals surface area contributed by atoms with Crippen LogP contribution in [0.5, 0.6) is 5.75 Å². The maximum Gasteiger partial charge on any atom is 0.319 e. The van der Waals surface area contributed by atoms with Gasteiger partial charge in [-0.15, -0.1) is 12.6 Å². The fraction of sp³-hybridized carbons (Fsp3) is 0.312. The first-order valence-electron chi connectivity index (χ1n) is 6.98. The van der Waals surface area contributed by atoms with E-state index in [1.165, 1.54) is 7.11 Å². The second-order valence-corrected chi connectivity index (χ2v) is 5.26. The molecule has 0 aromatic heterocycles. The van der Waals surface area contributed by atoms with E-state index in [1.54, 1.807) is 24.3 Å². The average Bonchev–Trinajstić information content (AvgIpc) is 2.54. The fourth-order valence-corrected chi connectivity index (χ4v) is 2.88. The number of benzene rings is 1. The Morgan fingerprint density at radius 2 is 2.13 bits per heavy atom. The summed E-state index contributed by atoms with van der Waals surface area (Å²) in [5.41, 5.74) is 0.762. The van der Waals surface area contributed by atoms with Crippen molar-refractivity contribution in [2.24, 2.45) is 5.92 Å². The lowest BCUT2D eigenvalue weighted by Crippen LogP contribution is -2.43. The van der Waals surface area contributed by atoms with Crippen LogP contribution in [-0.2, 0) is 14.3 Å². The number of allylic oxidation sites excluding steroid dienone is 1. The SMILES string of the molecule is CCOc1ccccc1[C@H]1C(C#N)=C(S)NC(=O)[C@@H]1C(=O)OC. The van der Waals surface area contributed by atoms with E-state index >= 15 is 0 Å². The molecule has 0 spiro atoms. The molecule has 0 radical (unpaired) electrons. The van der Waals surface area contributed by atoms with Gasteiger partial charge in [-0.1, -0.05) is 18.2 Å². The number of hydrogen-bond donors (Lipinski definition) is 2.